The Morgan fingerprint density at radius 3 is 2.83 bits per heavy atom. The largest absolute Gasteiger partial charge is 0.481 e. The quantitative estimate of drug-likeness (QED) is 0.806. The summed E-state index contributed by atoms with van der Waals surface area (Å²) in [4.78, 5) is 15.0. The molecule has 1 saturated carbocycles. The highest BCUT2D eigenvalue weighted by Gasteiger charge is 2.33. The first-order valence-electron chi connectivity index (χ1n) is 6.39. The van der Waals surface area contributed by atoms with Crippen LogP contribution in [0.1, 0.15) is 38.8 Å². The highest BCUT2D eigenvalue weighted by atomic mass is 32.2. The molecule has 2 rings (SSSR count). The molecule has 0 radical (unpaired) electrons. The molecule has 2 atom stereocenters. The van der Waals surface area contributed by atoms with Crippen molar-refractivity contribution in [3.8, 4) is 0 Å². The van der Waals surface area contributed by atoms with Gasteiger partial charge < -0.3 is 9.67 Å². The van der Waals surface area contributed by atoms with E-state index in [2.05, 4.69) is 30.3 Å². The van der Waals surface area contributed by atoms with Gasteiger partial charge in [-0.25, -0.2) is 4.98 Å². The molecule has 0 bridgehead atoms. The van der Waals surface area contributed by atoms with E-state index in [4.69, 9.17) is 5.11 Å². The summed E-state index contributed by atoms with van der Waals surface area (Å²) in [6.07, 6.45) is 3.17. The summed E-state index contributed by atoms with van der Waals surface area (Å²) in [5, 5.41) is 9.61. The summed E-state index contributed by atoms with van der Waals surface area (Å²) in [6.45, 7) is 7.54. The lowest BCUT2D eigenvalue weighted by molar-refractivity contribution is -0.133. The van der Waals surface area contributed by atoms with Gasteiger partial charge in [0.1, 0.15) is 0 Å². The van der Waals surface area contributed by atoms with Gasteiger partial charge in [-0.2, -0.15) is 0 Å². The number of carboxylic acid groups (broad SMARTS) is 1. The fourth-order valence-corrected chi connectivity index (χ4v) is 2.86. The van der Waals surface area contributed by atoms with Crippen molar-refractivity contribution in [2.75, 3.05) is 5.75 Å². The highest BCUT2D eigenvalue weighted by Crippen LogP contribution is 2.40. The van der Waals surface area contributed by atoms with Crippen molar-refractivity contribution in [2.45, 2.75) is 44.8 Å². The minimum Gasteiger partial charge on any atom is -0.481 e. The van der Waals surface area contributed by atoms with Crippen LogP contribution in [-0.2, 0) is 11.3 Å². The minimum absolute atomic E-state index is 0.0781. The fourth-order valence-electron chi connectivity index (χ4n) is 2.14. The average Bonchev–Trinajstić information content (AvgIpc) is 2.83. The van der Waals surface area contributed by atoms with Gasteiger partial charge in [-0.1, -0.05) is 32.5 Å². The zero-order valence-electron chi connectivity index (χ0n) is 11.1. The van der Waals surface area contributed by atoms with Crippen LogP contribution in [0.15, 0.2) is 11.4 Å². The first-order chi connectivity index (χ1) is 8.49. The number of thioether (sulfide) groups is 1. The molecule has 0 spiro atoms. The molecule has 4 nitrogen and oxygen atoms in total. The average molecular weight is 268 g/mol. The zero-order valence-corrected chi connectivity index (χ0v) is 11.9. The van der Waals surface area contributed by atoms with E-state index >= 15 is 0 Å². The summed E-state index contributed by atoms with van der Waals surface area (Å²) >= 11 is 1.32. The molecule has 1 aromatic rings. The van der Waals surface area contributed by atoms with Crippen LogP contribution in [0.4, 0.5) is 0 Å². The van der Waals surface area contributed by atoms with Gasteiger partial charge in [0.25, 0.3) is 0 Å². The van der Waals surface area contributed by atoms with Crippen LogP contribution in [0.2, 0.25) is 0 Å². The third-order valence-electron chi connectivity index (χ3n) is 3.46. The molecule has 18 heavy (non-hydrogen) atoms. The lowest BCUT2D eigenvalue weighted by atomic mass is 10.1. The number of carboxylic acids is 1. The number of carbonyl (C=O) groups is 1. The van der Waals surface area contributed by atoms with E-state index in [1.807, 2.05) is 6.20 Å². The molecular formula is C13H20N2O2S. The van der Waals surface area contributed by atoms with Gasteiger partial charge in [0.15, 0.2) is 5.16 Å². The maximum Gasteiger partial charge on any atom is 0.313 e. The van der Waals surface area contributed by atoms with E-state index in [0.717, 1.165) is 23.5 Å². The van der Waals surface area contributed by atoms with Crippen LogP contribution in [-0.4, -0.2) is 26.4 Å². The number of hydrogen-bond acceptors (Lipinski definition) is 3. The predicted molar refractivity (Wildman–Crippen MR) is 71.9 cm³/mol. The number of aliphatic carboxylic acids is 1. The van der Waals surface area contributed by atoms with Crippen LogP contribution in [0.25, 0.3) is 0 Å². The Bertz CT molecular complexity index is 442. The second kappa shape index (κ2) is 5.34. The number of nitrogens with zero attached hydrogens (tertiary/aromatic N) is 2. The Kier molecular flexibility index (Phi) is 4.00. The molecular weight excluding hydrogens is 248 g/mol. The molecule has 1 N–H and O–H groups in total. The number of imidazole rings is 1. The Morgan fingerprint density at radius 1 is 1.67 bits per heavy atom. The first kappa shape index (κ1) is 13.5. The molecule has 100 valence electrons. The molecule has 1 aliphatic rings. The fraction of sp³-hybridized carbons (Fsp3) is 0.692. The number of aromatic nitrogens is 2. The maximum absolute atomic E-state index is 10.7. The number of rotatable bonds is 6. The van der Waals surface area contributed by atoms with Crippen LogP contribution in [0, 0.1) is 11.8 Å². The van der Waals surface area contributed by atoms with Crippen LogP contribution in [0.3, 0.4) is 0 Å². The van der Waals surface area contributed by atoms with Crippen molar-refractivity contribution in [1.29, 1.82) is 0 Å². The SMILES string of the molecule is CC(C)c1cnc(SCC(=O)O)n1CC1CC1C. The molecule has 1 heterocycles. The predicted octanol–water partition coefficient (Wildman–Crippen LogP) is 2.84. The van der Waals surface area contributed by atoms with E-state index in [0.29, 0.717) is 5.92 Å². The summed E-state index contributed by atoms with van der Waals surface area (Å²) in [7, 11) is 0. The Hall–Kier alpha value is -0.970. The van der Waals surface area contributed by atoms with E-state index in [1.54, 1.807) is 0 Å². The van der Waals surface area contributed by atoms with Crippen LogP contribution < -0.4 is 0 Å². The standard InChI is InChI=1S/C13H20N2O2S/c1-8(2)11-5-14-13(18-7-12(16)17)15(11)6-10-4-9(10)3/h5,8-10H,4,6-7H2,1-3H3,(H,16,17). The Balaban J connectivity index is 2.14. The van der Waals surface area contributed by atoms with Gasteiger partial charge in [-0.15, -0.1) is 0 Å². The molecule has 1 aromatic heterocycles. The van der Waals surface area contributed by atoms with Gasteiger partial charge in [-0.3, -0.25) is 4.79 Å². The van der Waals surface area contributed by atoms with Gasteiger partial charge >= 0.3 is 5.97 Å². The van der Waals surface area contributed by atoms with Crippen LogP contribution >= 0.6 is 11.8 Å². The van der Waals surface area contributed by atoms with Gasteiger partial charge in [0.2, 0.25) is 0 Å². The van der Waals surface area contributed by atoms with Gasteiger partial charge in [0.05, 0.1) is 5.75 Å². The van der Waals surface area contributed by atoms with E-state index < -0.39 is 5.97 Å². The molecule has 0 aromatic carbocycles. The third-order valence-corrected chi connectivity index (χ3v) is 4.43. The molecule has 0 saturated heterocycles. The van der Waals surface area contributed by atoms with E-state index in [9.17, 15) is 4.79 Å². The summed E-state index contributed by atoms with van der Waals surface area (Å²) in [5.41, 5.74) is 1.21. The van der Waals surface area contributed by atoms with Crippen molar-refractivity contribution >= 4 is 17.7 Å². The van der Waals surface area contributed by atoms with Crippen molar-refractivity contribution in [3.05, 3.63) is 11.9 Å². The third kappa shape index (κ3) is 3.07. The van der Waals surface area contributed by atoms with Gasteiger partial charge in [0, 0.05) is 18.4 Å². The lowest BCUT2D eigenvalue weighted by Gasteiger charge is -2.13. The number of hydrogen-bond donors (Lipinski definition) is 1. The molecule has 0 aliphatic heterocycles. The van der Waals surface area contributed by atoms with Crippen molar-refractivity contribution in [2.24, 2.45) is 11.8 Å². The van der Waals surface area contributed by atoms with E-state index in [1.165, 1.54) is 23.9 Å². The molecule has 2 unspecified atom stereocenters. The van der Waals surface area contributed by atoms with Crippen LogP contribution in [0.5, 0.6) is 0 Å². The second-order valence-corrected chi connectivity index (χ2v) is 6.33. The Labute approximate surface area is 112 Å². The molecule has 1 aliphatic carbocycles. The zero-order chi connectivity index (χ0) is 13.3. The molecule has 5 heteroatoms. The Morgan fingerprint density at radius 2 is 2.33 bits per heavy atom. The minimum atomic E-state index is -0.791. The van der Waals surface area contributed by atoms with Crippen molar-refractivity contribution in [3.63, 3.8) is 0 Å². The molecule has 0 amide bonds. The van der Waals surface area contributed by atoms with Gasteiger partial charge in [-0.05, 0) is 24.2 Å². The highest BCUT2D eigenvalue weighted by molar-refractivity contribution is 7.99. The lowest BCUT2D eigenvalue weighted by Crippen LogP contribution is -2.09. The second-order valence-electron chi connectivity index (χ2n) is 5.39. The van der Waals surface area contributed by atoms with Crippen molar-refractivity contribution in [1.82, 2.24) is 9.55 Å². The monoisotopic (exact) mass is 268 g/mol. The van der Waals surface area contributed by atoms with Crippen molar-refractivity contribution < 1.29 is 9.90 Å². The first-order valence-corrected chi connectivity index (χ1v) is 7.37. The topological polar surface area (TPSA) is 55.1 Å². The summed E-state index contributed by atoms with van der Waals surface area (Å²) in [5.74, 6) is 1.24. The normalized spacial score (nSPS) is 22.4. The summed E-state index contributed by atoms with van der Waals surface area (Å²) in [6, 6.07) is 0. The molecule has 1 fully saturated rings. The van der Waals surface area contributed by atoms with E-state index in [-0.39, 0.29) is 5.75 Å². The maximum atomic E-state index is 10.7. The summed E-state index contributed by atoms with van der Waals surface area (Å²) < 4.78 is 2.21. The smallest absolute Gasteiger partial charge is 0.313 e.